The third-order valence-corrected chi connectivity index (χ3v) is 5.39. The second kappa shape index (κ2) is 11.4. The molecule has 0 radical (unpaired) electrons. The minimum atomic E-state index is -1.68. The Kier molecular flexibility index (Phi) is 10.5. The first-order valence-electron chi connectivity index (χ1n) is 7.17. The Morgan fingerprint density at radius 1 is 1.06 bits per heavy atom. The van der Waals surface area contributed by atoms with E-state index in [2.05, 4.69) is 13.8 Å². The molecule has 1 atom stereocenters. The molecule has 107 valence electrons. The summed E-state index contributed by atoms with van der Waals surface area (Å²) in [6.07, 6.45) is 4.81. The SMILES string of the molecule is CCC[O][Ti]([CH2]CCCOCC1CO1)[O]CCC. The van der Waals surface area contributed by atoms with Crippen molar-refractivity contribution >= 4 is 0 Å². The Morgan fingerprint density at radius 3 is 2.28 bits per heavy atom. The van der Waals surface area contributed by atoms with Crippen molar-refractivity contribution in [2.45, 2.75) is 50.4 Å². The van der Waals surface area contributed by atoms with Crippen molar-refractivity contribution in [1.29, 1.82) is 0 Å². The molecule has 0 aromatic heterocycles. The average Bonchev–Trinajstić information content (AvgIpc) is 3.20. The summed E-state index contributed by atoms with van der Waals surface area (Å²) in [4.78, 5) is 0. The molecule has 0 aliphatic carbocycles. The van der Waals surface area contributed by atoms with Crippen LogP contribution in [0.5, 0.6) is 0 Å². The number of hydrogen-bond acceptors (Lipinski definition) is 4. The molecule has 18 heavy (non-hydrogen) atoms. The van der Waals surface area contributed by atoms with Crippen molar-refractivity contribution < 1.29 is 34.8 Å². The molecular formula is C13H27O4Ti. The number of unbranched alkanes of at least 4 members (excludes halogenated alkanes) is 1. The van der Waals surface area contributed by atoms with Gasteiger partial charge < -0.3 is 0 Å². The standard InChI is InChI=1S/C7H13O2.2C3H7O.Ti/c1-2-3-4-8-5-7-6-9-7;2*1-2-3-4;/h7H,1-6H2;2*2-3H2,1H3;/q;2*-1;+2. The molecule has 0 N–H and O–H groups in total. The maximum atomic E-state index is 5.83. The molecule has 4 nitrogen and oxygen atoms in total. The fourth-order valence-electron chi connectivity index (χ4n) is 1.47. The van der Waals surface area contributed by atoms with Gasteiger partial charge >= 0.3 is 118 Å². The molecular weight excluding hydrogens is 268 g/mol. The summed E-state index contributed by atoms with van der Waals surface area (Å²) in [5, 5.41) is 0. The molecule has 1 heterocycles. The van der Waals surface area contributed by atoms with Crippen molar-refractivity contribution in [2.24, 2.45) is 0 Å². The summed E-state index contributed by atoms with van der Waals surface area (Å²) in [6, 6.07) is 0. The van der Waals surface area contributed by atoms with E-state index in [4.69, 9.17) is 16.1 Å². The van der Waals surface area contributed by atoms with E-state index in [0.717, 1.165) is 63.4 Å². The van der Waals surface area contributed by atoms with Crippen LogP contribution < -0.4 is 0 Å². The van der Waals surface area contributed by atoms with Crippen molar-refractivity contribution in [3.8, 4) is 0 Å². The molecule has 1 rings (SSSR count). The summed E-state index contributed by atoms with van der Waals surface area (Å²) in [7, 11) is 0. The summed E-state index contributed by atoms with van der Waals surface area (Å²) < 4.78 is 23.4. The van der Waals surface area contributed by atoms with Crippen LogP contribution in [0, 0.1) is 0 Å². The Labute approximate surface area is 118 Å². The van der Waals surface area contributed by atoms with Gasteiger partial charge in [-0.25, -0.2) is 0 Å². The first kappa shape index (κ1) is 16.6. The van der Waals surface area contributed by atoms with E-state index in [9.17, 15) is 0 Å². The van der Waals surface area contributed by atoms with E-state index in [0.29, 0.717) is 6.10 Å². The number of epoxide rings is 1. The molecule has 1 aliphatic rings. The van der Waals surface area contributed by atoms with Gasteiger partial charge in [-0.1, -0.05) is 0 Å². The molecule has 0 saturated carbocycles. The molecule has 1 aliphatic heterocycles. The topological polar surface area (TPSA) is 40.2 Å². The third-order valence-electron chi connectivity index (χ3n) is 2.56. The van der Waals surface area contributed by atoms with Gasteiger partial charge in [-0.2, -0.15) is 0 Å². The van der Waals surface area contributed by atoms with Gasteiger partial charge in [0.1, 0.15) is 0 Å². The first-order valence-corrected chi connectivity index (χ1v) is 9.55. The van der Waals surface area contributed by atoms with Crippen LogP contribution in [0.2, 0.25) is 4.73 Å². The van der Waals surface area contributed by atoms with Gasteiger partial charge in [0, 0.05) is 0 Å². The van der Waals surface area contributed by atoms with E-state index in [1.54, 1.807) is 0 Å². The molecule has 1 saturated heterocycles. The van der Waals surface area contributed by atoms with Crippen LogP contribution in [0.3, 0.4) is 0 Å². The van der Waals surface area contributed by atoms with E-state index < -0.39 is 18.6 Å². The summed E-state index contributed by atoms with van der Waals surface area (Å²) >= 11 is -1.68. The van der Waals surface area contributed by atoms with Gasteiger partial charge in [0.2, 0.25) is 0 Å². The molecule has 1 unspecified atom stereocenters. The summed E-state index contributed by atoms with van der Waals surface area (Å²) in [5.41, 5.74) is 0. The van der Waals surface area contributed by atoms with Crippen molar-refractivity contribution in [2.75, 3.05) is 33.0 Å². The monoisotopic (exact) mass is 295 g/mol. The van der Waals surface area contributed by atoms with Gasteiger partial charge in [-0.15, -0.1) is 0 Å². The maximum absolute atomic E-state index is 5.83. The molecule has 0 spiro atoms. The van der Waals surface area contributed by atoms with Gasteiger partial charge in [0.05, 0.1) is 0 Å². The summed E-state index contributed by atoms with van der Waals surface area (Å²) in [6.45, 7) is 8.48. The van der Waals surface area contributed by atoms with Crippen LogP contribution in [0.15, 0.2) is 0 Å². The Morgan fingerprint density at radius 2 is 1.72 bits per heavy atom. The predicted molar refractivity (Wildman–Crippen MR) is 67.1 cm³/mol. The molecule has 0 amide bonds. The minimum absolute atomic E-state index is 0.384. The fraction of sp³-hybridized carbons (Fsp3) is 1.00. The molecule has 1 fully saturated rings. The quantitative estimate of drug-likeness (QED) is 0.297. The number of hydrogen-bond donors (Lipinski definition) is 0. The Balaban J connectivity index is 1.92. The van der Waals surface area contributed by atoms with E-state index in [1.807, 2.05) is 0 Å². The molecule has 5 heteroatoms. The van der Waals surface area contributed by atoms with Crippen molar-refractivity contribution in [3.05, 3.63) is 0 Å². The van der Waals surface area contributed by atoms with Crippen LogP contribution in [-0.2, 0) is 34.8 Å². The Hall–Kier alpha value is 0.554. The molecule has 0 aromatic rings. The van der Waals surface area contributed by atoms with Crippen LogP contribution in [0.25, 0.3) is 0 Å². The van der Waals surface area contributed by atoms with Crippen LogP contribution >= 0.6 is 0 Å². The zero-order valence-electron chi connectivity index (χ0n) is 11.8. The Bertz CT molecular complexity index is 180. The van der Waals surface area contributed by atoms with Crippen LogP contribution in [0.1, 0.15) is 39.5 Å². The normalized spacial score (nSPS) is 18.0. The first-order chi connectivity index (χ1) is 8.86. The molecule has 0 aromatic carbocycles. The average molecular weight is 295 g/mol. The van der Waals surface area contributed by atoms with Gasteiger partial charge in [-0.3, -0.25) is 0 Å². The van der Waals surface area contributed by atoms with E-state index in [-0.39, 0.29) is 0 Å². The van der Waals surface area contributed by atoms with E-state index >= 15 is 0 Å². The van der Waals surface area contributed by atoms with Crippen LogP contribution in [0.4, 0.5) is 0 Å². The van der Waals surface area contributed by atoms with Crippen molar-refractivity contribution in [1.82, 2.24) is 0 Å². The van der Waals surface area contributed by atoms with E-state index in [1.165, 1.54) is 0 Å². The second-order valence-electron chi connectivity index (χ2n) is 4.56. The van der Waals surface area contributed by atoms with Gasteiger partial charge in [0.15, 0.2) is 0 Å². The third kappa shape index (κ3) is 9.48. The fourth-order valence-corrected chi connectivity index (χ4v) is 4.24. The number of rotatable bonds is 13. The zero-order valence-corrected chi connectivity index (χ0v) is 13.3. The summed E-state index contributed by atoms with van der Waals surface area (Å²) in [5.74, 6) is 0. The second-order valence-corrected chi connectivity index (χ2v) is 7.40. The predicted octanol–water partition coefficient (Wildman–Crippen LogP) is 2.90. The zero-order chi connectivity index (χ0) is 13.1. The van der Waals surface area contributed by atoms with Crippen LogP contribution in [-0.4, -0.2) is 39.1 Å². The number of ether oxygens (including phenoxy) is 2. The van der Waals surface area contributed by atoms with Gasteiger partial charge in [0.25, 0.3) is 0 Å². The molecule has 0 bridgehead atoms. The van der Waals surface area contributed by atoms with Crippen molar-refractivity contribution in [3.63, 3.8) is 0 Å². The van der Waals surface area contributed by atoms with Gasteiger partial charge in [-0.05, 0) is 0 Å².